The first kappa shape index (κ1) is 11.5. The van der Waals surface area contributed by atoms with Crippen molar-refractivity contribution in [2.45, 2.75) is 26.7 Å². The van der Waals surface area contributed by atoms with Crippen LogP contribution in [0, 0.1) is 0 Å². The van der Waals surface area contributed by atoms with Crippen molar-refractivity contribution < 1.29 is 14.7 Å². The van der Waals surface area contributed by atoms with Gasteiger partial charge in [0.2, 0.25) is 0 Å². The monoisotopic (exact) mass is 209 g/mol. The third-order valence-corrected chi connectivity index (χ3v) is 2.44. The molecule has 15 heavy (non-hydrogen) atoms. The van der Waals surface area contributed by atoms with Crippen LogP contribution in [0.15, 0.2) is 6.07 Å². The molecule has 0 amide bonds. The lowest BCUT2D eigenvalue weighted by atomic mass is 10.1. The number of carboxylic acid groups (broad SMARTS) is 1. The molecular weight excluding hydrogens is 194 g/mol. The van der Waals surface area contributed by atoms with Gasteiger partial charge in [0.05, 0.1) is 11.3 Å². The van der Waals surface area contributed by atoms with Crippen molar-refractivity contribution in [1.82, 2.24) is 4.57 Å². The lowest BCUT2D eigenvalue weighted by Gasteiger charge is -2.05. The molecule has 1 aromatic heterocycles. The minimum Gasteiger partial charge on any atom is -0.478 e. The fraction of sp³-hybridized carbons (Fsp3) is 0.455. The van der Waals surface area contributed by atoms with Crippen LogP contribution in [-0.4, -0.2) is 21.4 Å². The second kappa shape index (κ2) is 4.29. The Kier molecular flexibility index (Phi) is 3.29. The number of Topliss-reactive ketones (excluding diaryl/α,β-unsaturated/α-hetero) is 1. The van der Waals surface area contributed by atoms with Gasteiger partial charge in [0.25, 0.3) is 0 Å². The third kappa shape index (κ3) is 2.09. The molecule has 0 fully saturated rings. The topological polar surface area (TPSA) is 59.3 Å². The van der Waals surface area contributed by atoms with Crippen molar-refractivity contribution in [2.75, 3.05) is 0 Å². The van der Waals surface area contributed by atoms with Gasteiger partial charge in [-0.05, 0) is 12.5 Å². The highest BCUT2D eigenvalue weighted by Crippen LogP contribution is 2.17. The Morgan fingerprint density at radius 2 is 2.07 bits per heavy atom. The summed E-state index contributed by atoms with van der Waals surface area (Å²) in [5.41, 5.74) is 1.41. The minimum atomic E-state index is -0.971. The van der Waals surface area contributed by atoms with E-state index in [1.807, 2.05) is 6.92 Å². The zero-order valence-electron chi connectivity index (χ0n) is 9.20. The average Bonchev–Trinajstić information content (AvgIpc) is 2.45. The zero-order chi connectivity index (χ0) is 11.6. The number of hydrogen-bond acceptors (Lipinski definition) is 2. The largest absolute Gasteiger partial charge is 0.478 e. The molecule has 0 aliphatic heterocycles. The summed E-state index contributed by atoms with van der Waals surface area (Å²) in [6, 6.07) is 1.45. The van der Waals surface area contributed by atoms with E-state index in [0.717, 1.165) is 12.1 Å². The predicted octanol–water partition coefficient (Wildman–Crippen LogP) is 1.88. The van der Waals surface area contributed by atoms with Gasteiger partial charge in [-0.3, -0.25) is 4.79 Å². The van der Waals surface area contributed by atoms with Crippen molar-refractivity contribution >= 4 is 11.8 Å². The molecule has 0 unspecified atom stereocenters. The Labute approximate surface area is 88.5 Å². The smallest absolute Gasteiger partial charge is 0.337 e. The fourth-order valence-corrected chi connectivity index (χ4v) is 1.71. The van der Waals surface area contributed by atoms with Crippen LogP contribution in [-0.2, 0) is 13.5 Å². The van der Waals surface area contributed by atoms with Gasteiger partial charge in [-0.25, -0.2) is 4.79 Å². The second-order valence-corrected chi connectivity index (χ2v) is 3.56. The molecule has 0 atom stereocenters. The van der Waals surface area contributed by atoms with Crippen molar-refractivity contribution in [3.63, 3.8) is 0 Å². The van der Waals surface area contributed by atoms with Gasteiger partial charge < -0.3 is 9.67 Å². The highest BCUT2D eigenvalue weighted by Gasteiger charge is 2.18. The van der Waals surface area contributed by atoms with Crippen LogP contribution in [0.5, 0.6) is 0 Å². The summed E-state index contributed by atoms with van der Waals surface area (Å²) in [6.45, 7) is 3.42. The van der Waals surface area contributed by atoms with E-state index < -0.39 is 5.97 Å². The molecule has 82 valence electrons. The van der Waals surface area contributed by atoms with Crippen molar-refractivity contribution in [2.24, 2.45) is 7.05 Å². The summed E-state index contributed by atoms with van der Waals surface area (Å²) >= 11 is 0. The van der Waals surface area contributed by atoms with Gasteiger partial charge in [-0.1, -0.05) is 13.3 Å². The summed E-state index contributed by atoms with van der Waals surface area (Å²) in [6.07, 6.45) is 1.53. The highest BCUT2D eigenvalue weighted by molar-refractivity contribution is 5.97. The first-order valence-corrected chi connectivity index (χ1v) is 4.91. The molecule has 1 N–H and O–H groups in total. The molecule has 0 spiro atoms. The van der Waals surface area contributed by atoms with Gasteiger partial charge in [-0.15, -0.1) is 0 Å². The molecule has 1 aromatic rings. The van der Waals surface area contributed by atoms with Gasteiger partial charge in [0.1, 0.15) is 0 Å². The lowest BCUT2D eigenvalue weighted by Crippen LogP contribution is -2.06. The standard InChI is InChI=1S/C11H15NO3/c1-4-5-9-8(11(14)15)6-10(7(2)13)12(9)3/h6H,4-5H2,1-3H3,(H,14,15). The van der Waals surface area contributed by atoms with Crippen LogP contribution in [0.1, 0.15) is 46.8 Å². The molecule has 4 nitrogen and oxygen atoms in total. The molecule has 0 saturated carbocycles. The number of aromatic nitrogens is 1. The van der Waals surface area contributed by atoms with E-state index in [2.05, 4.69) is 0 Å². The van der Waals surface area contributed by atoms with Crippen molar-refractivity contribution in [3.05, 3.63) is 23.0 Å². The van der Waals surface area contributed by atoms with Gasteiger partial charge >= 0.3 is 5.97 Å². The first-order chi connectivity index (χ1) is 6.99. The summed E-state index contributed by atoms with van der Waals surface area (Å²) in [7, 11) is 1.73. The van der Waals surface area contributed by atoms with Crippen LogP contribution in [0.4, 0.5) is 0 Å². The normalized spacial score (nSPS) is 10.3. The average molecular weight is 209 g/mol. The third-order valence-electron chi connectivity index (χ3n) is 2.44. The lowest BCUT2D eigenvalue weighted by molar-refractivity contribution is 0.0695. The number of carbonyl (C=O) groups is 2. The quantitative estimate of drug-likeness (QED) is 0.770. The molecule has 0 saturated heterocycles. The Balaban J connectivity index is 3.32. The zero-order valence-corrected chi connectivity index (χ0v) is 9.20. The number of aromatic carboxylic acids is 1. The summed E-state index contributed by atoms with van der Waals surface area (Å²) in [5, 5.41) is 8.99. The SMILES string of the molecule is CCCc1c(C(=O)O)cc(C(C)=O)n1C. The van der Waals surface area contributed by atoms with E-state index >= 15 is 0 Å². The van der Waals surface area contributed by atoms with Gasteiger partial charge in [-0.2, -0.15) is 0 Å². The van der Waals surface area contributed by atoms with E-state index in [1.54, 1.807) is 11.6 Å². The molecule has 0 aliphatic rings. The summed E-state index contributed by atoms with van der Waals surface area (Å²) in [5.74, 6) is -1.08. The van der Waals surface area contributed by atoms with Crippen LogP contribution in [0.25, 0.3) is 0 Å². The van der Waals surface area contributed by atoms with Crippen LogP contribution in [0.2, 0.25) is 0 Å². The molecule has 0 aromatic carbocycles. The van der Waals surface area contributed by atoms with E-state index in [-0.39, 0.29) is 11.3 Å². The maximum atomic E-state index is 11.2. The number of nitrogens with zero attached hydrogens (tertiary/aromatic N) is 1. The van der Waals surface area contributed by atoms with E-state index in [0.29, 0.717) is 12.1 Å². The van der Waals surface area contributed by atoms with Crippen LogP contribution >= 0.6 is 0 Å². The molecule has 0 bridgehead atoms. The van der Waals surface area contributed by atoms with E-state index in [1.165, 1.54) is 13.0 Å². The molecule has 4 heteroatoms. The van der Waals surface area contributed by atoms with Gasteiger partial charge in [0.15, 0.2) is 5.78 Å². The maximum Gasteiger partial charge on any atom is 0.337 e. The number of carbonyl (C=O) groups excluding carboxylic acids is 1. The second-order valence-electron chi connectivity index (χ2n) is 3.56. The Hall–Kier alpha value is -1.58. The highest BCUT2D eigenvalue weighted by atomic mass is 16.4. The summed E-state index contributed by atoms with van der Waals surface area (Å²) in [4.78, 5) is 22.2. The number of ketones is 1. The Morgan fingerprint density at radius 3 is 2.47 bits per heavy atom. The molecule has 1 rings (SSSR count). The van der Waals surface area contributed by atoms with Crippen molar-refractivity contribution in [3.8, 4) is 0 Å². The fourth-order valence-electron chi connectivity index (χ4n) is 1.71. The van der Waals surface area contributed by atoms with E-state index in [4.69, 9.17) is 5.11 Å². The number of rotatable bonds is 4. The Morgan fingerprint density at radius 1 is 1.47 bits per heavy atom. The first-order valence-electron chi connectivity index (χ1n) is 4.91. The molecular formula is C11H15NO3. The maximum absolute atomic E-state index is 11.2. The van der Waals surface area contributed by atoms with Gasteiger partial charge in [0, 0.05) is 19.7 Å². The predicted molar refractivity (Wildman–Crippen MR) is 56.4 cm³/mol. The molecule has 1 heterocycles. The van der Waals surface area contributed by atoms with Crippen LogP contribution in [0.3, 0.4) is 0 Å². The Bertz CT molecular complexity index is 404. The number of hydrogen-bond donors (Lipinski definition) is 1. The minimum absolute atomic E-state index is 0.109. The molecule has 0 aliphatic carbocycles. The molecule has 0 radical (unpaired) electrons. The summed E-state index contributed by atoms with van der Waals surface area (Å²) < 4.78 is 1.68. The van der Waals surface area contributed by atoms with Crippen LogP contribution < -0.4 is 0 Å². The number of carboxylic acids is 1. The van der Waals surface area contributed by atoms with Crippen molar-refractivity contribution in [1.29, 1.82) is 0 Å². The van der Waals surface area contributed by atoms with E-state index in [9.17, 15) is 9.59 Å².